The minimum absolute atomic E-state index is 0.465. The zero-order valence-corrected chi connectivity index (χ0v) is 10.9. The number of piperidine rings is 1. The summed E-state index contributed by atoms with van der Waals surface area (Å²) in [4.78, 5) is 2.41. The summed E-state index contributed by atoms with van der Waals surface area (Å²) in [5, 5.41) is 7.57. The van der Waals surface area contributed by atoms with Crippen molar-refractivity contribution in [3.05, 3.63) is 41.1 Å². The smallest absolute Gasteiger partial charge is 0.193 e. The molecule has 1 atom stereocenters. The summed E-state index contributed by atoms with van der Waals surface area (Å²) in [6, 6.07) is 5.81. The van der Waals surface area contributed by atoms with Crippen LogP contribution in [-0.4, -0.2) is 28.2 Å². The first-order valence-corrected chi connectivity index (χ1v) is 6.65. The predicted molar refractivity (Wildman–Crippen MR) is 69.6 cm³/mol. The van der Waals surface area contributed by atoms with Crippen LogP contribution in [0.25, 0.3) is 0 Å². The molecule has 0 bridgehead atoms. The van der Waals surface area contributed by atoms with Crippen molar-refractivity contribution >= 4 is 11.6 Å². The molecule has 0 aliphatic carbocycles. The minimum atomic E-state index is 0.465. The van der Waals surface area contributed by atoms with Crippen molar-refractivity contribution in [3.63, 3.8) is 0 Å². The lowest BCUT2D eigenvalue weighted by Crippen LogP contribution is -2.33. The Balaban J connectivity index is 1.63. The van der Waals surface area contributed by atoms with E-state index < -0.39 is 0 Å². The normalized spacial score (nSPS) is 21.3. The molecular weight excluding hydrogens is 250 g/mol. The Bertz CT molecular complexity index is 494. The average Bonchev–Trinajstić information content (AvgIpc) is 3.01. The quantitative estimate of drug-likeness (QED) is 0.928. The van der Waals surface area contributed by atoms with E-state index in [0.29, 0.717) is 11.1 Å². The Morgan fingerprint density at radius 1 is 1.44 bits per heavy atom. The second kappa shape index (κ2) is 5.16. The van der Waals surface area contributed by atoms with Gasteiger partial charge < -0.3 is 4.42 Å². The molecule has 5 heteroatoms. The summed E-state index contributed by atoms with van der Waals surface area (Å²) in [5.41, 5.74) is 1.23. The lowest BCUT2D eigenvalue weighted by molar-refractivity contribution is 0.185. The fourth-order valence-electron chi connectivity index (χ4n) is 2.60. The van der Waals surface area contributed by atoms with Gasteiger partial charge in [-0.15, -0.1) is 0 Å². The van der Waals surface area contributed by atoms with Crippen molar-refractivity contribution in [1.29, 1.82) is 0 Å². The molecule has 0 unspecified atom stereocenters. The molecular formula is C13H16ClN3O. The van der Waals surface area contributed by atoms with E-state index in [-0.39, 0.29) is 0 Å². The Morgan fingerprint density at radius 2 is 2.39 bits per heavy atom. The lowest BCUT2D eigenvalue weighted by Gasteiger charge is -2.31. The first-order valence-electron chi connectivity index (χ1n) is 6.27. The molecule has 1 aliphatic rings. The summed E-state index contributed by atoms with van der Waals surface area (Å²) >= 11 is 5.79. The van der Waals surface area contributed by atoms with Gasteiger partial charge in [0.15, 0.2) is 5.22 Å². The Hall–Kier alpha value is -1.26. The first kappa shape index (κ1) is 11.8. The molecule has 1 saturated heterocycles. The van der Waals surface area contributed by atoms with Crippen molar-refractivity contribution in [2.45, 2.75) is 25.3 Å². The first-order chi connectivity index (χ1) is 8.81. The third kappa shape index (κ3) is 2.60. The largest absolute Gasteiger partial charge is 0.448 e. The van der Waals surface area contributed by atoms with Gasteiger partial charge in [0.25, 0.3) is 0 Å². The fourth-order valence-corrected chi connectivity index (χ4v) is 2.77. The van der Waals surface area contributed by atoms with Gasteiger partial charge in [-0.2, -0.15) is 5.10 Å². The molecule has 1 aliphatic heterocycles. The number of halogens is 1. The molecule has 18 heavy (non-hydrogen) atoms. The van der Waals surface area contributed by atoms with E-state index in [1.807, 2.05) is 12.3 Å². The molecule has 0 spiro atoms. The van der Waals surface area contributed by atoms with Crippen LogP contribution >= 0.6 is 11.6 Å². The number of H-pyrrole nitrogens is 1. The van der Waals surface area contributed by atoms with E-state index in [4.69, 9.17) is 16.0 Å². The highest BCUT2D eigenvalue weighted by Crippen LogP contribution is 2.26. The van der Waals surface area contributed by atoms with E-state index in [2.05, 4.69) is 21.2 Å². The van der Waals surface area contributed by atoms with Crippen molar-refractivity contribution in [2.24, 2.45) is 0 Å². The van der Waals surface area contributed by atoms with E-state index in [1.165, 1.54) is 18.5 Å². The van der Waals surface area contributed by atoms with Crippen LogP contribution in [0, 0.1) is 0 Å². The third-order valence-corrected chi connectivity index (χ3v) is 3.68. The number of furan rings is 1. The Kier molecular flexibility index (Phi) is 3.39. The number of aromatic amines is 1. The maximum atomic E-state index is 5.79. The minimum Gasteiger partial charge on any atom is -0.448 e. The highest BCUT2D eigenvalue weighted by atomic mass is 35.5. The maximum Gasteiger partial charge on any atom is 0.193 e. The third-order valence-electron chi connectivity index (χ3n) is 3.48. The number of likely N-dealkylation sites (tertiary alicyclic amines) is 1. The van der Waals surface area contributed by atoms with Crippen molar-refractivity contribution in [2.75, 3.05) is 13.1 Å². The van der Waals surface area contributed by atoms with Gasteiger partial charge in [0.2, 0.25) is 0 Å². The fraction of sp³-hybridized carbons (Fsp3) is 0.462. The molecule has 3 rings (SSSR count). The van der Waals surface area contributed by atoms with Crippen molar-refractivity contribution < 1.29 is 4.42 Å². The summed E-state index contributed by atoms with van der Waals surface area (Å²) in [5.74, 6) is 1.48. The summed E-state index contributed by atoms with van der Waals surface area (Å²) in [6.45, 7) is 2.99. The van der Waals surface area contributed by atoms with Crippen LogP contribution in [0.5, 0.6) is 0 Å². The number of aromatic nitrogens is 2. The molecule has 0 amide bonds. The molecule has 1 fully saturated rings. The predicted octanol–water partition coefficient (Wildman–Crippen LogP) is 3.04. The summed E-state index contributed by atoms with van der Waals surface area (Å²) in [7, 11) is 0. The number of hydrogen-bond acceptors (Lipinski definition) is 3. The molecule has 96 valence electrons. The molecule has 3 heterocycles. The van der Waals surface area contributed by atoms with Crippen molar-refractivity contribution in [3.8, 4) is 0 Å². The van der Waals surface area contributed by atoms with Gasteiger partial charge >= 0.3 is 0 Å². The van der Waals surface area contributed by atoms with Crippen LogP contribution in [-0.2, 0) is 6.54 Å². The Labute approximate surface area is 111 Å². The number of hydrogen-bond donors (Lipinski definition) is 1. The zero-order valence-electron chi connectivity index (χ0n) is 10.1. The number of nitrogens with one attached hydrogen (secondary N) is 1. The molecule has 1 N–H and O–H groups in total. The Morgan fingerprint density at radius 3 is 3.11 bits per heavy atom. The lowest BCUT2D eigenvalue weighted by atomic mass is 9.95. The highest BCUT2D eigenvalue weighted by molar-refractivity contribution is 6.28. The molecule has 0 radical (unpaired) electrons. The van der Waals surface area contributed by atoms with E-state index >= 15 is 0 Å². The van der Waals surface area contributed by atoms with Crippen LogP contribution in [0.3, 0.4) is 0 Å². The van der Waals surface area contributed by atoms with Crippen LogP contribution < -0.4 is 0 Å². The van der Waals surface area contributed by atoms with E-state index in [9.17, 15) is 0 Å². The number of rotatable bonds is 3. The van der Waals surface area contributed by atoms with Crippen LogP contribution in [0.4, 0.5) is 0 Å². The van der Waals surface area contributed by atoms with Crippen LogP contribution in [0.15, 0.2) is 28.8 Å². The summed E-state index contributed by atoms with van der Waals surface area (Å²) in [6.07, 6.45) is 4.25. The second-order valence-corrected chi connectivity index (χ2v) is 5.16. The van der Waals surface area contributed by atoms with E-state index in [1.54, 1.807) is 6.07 Å². The van der Waals surface area contributed by atoms with Gasteiger partial charge in [0.05, 0.1) is 6.54 Å². The van der Waals surface area contributed by atoms with Gasteiger partial charge in [0, 0.05) is 24.4 Å². The summed E-state index contributed by atoms with van der Waals surface area (Å²) < 4.78 is 5.42. The molecule has 2 aromatic heterocycles. The maximum absolute atomic E-state index is 5.79. The van der Waals surface area contributed by atoms with Gasteiger partial charge in [-0.3, -0.25) is 10.00 Å². The van der Waals surface area contributed by atoms with E-state index in [0.717, 1.165) is 25.4 Å². The van der Waals surface area contributed by atoms with Crippen LogP contribution in [0.1, 0.15) is 30.2 Å². The average molecular weight is 266 g/mol. The van der Waals surface area contributed by atoms with Gasteiger partial charge in [-0.25, -0.2) is 0 Å². The highest BCUT2D eigenvalue weighted by Gasteiger charge is 2.22. The topological polar surface area (TPSA) is 45.1 Å². The molecule has 0 aromatic carbocycles. The van der Waals surface area contributed by atoms with Gasteiger partial charge in [-0.1, -0.05) is 0 Å². The molecule has 0 saturated carbocycles. The SMILES string of the molecule is Clc1ccc(CN2CCC[C@H](c3ccn[nH]3)C2)o1. The zero-order chi connectivity index (χ0) is 12.4. The molecule has 4 nitrogen and oxygen atoms in total. The second-order valence-electron chi connectivity index (χ2n) is 4.79. The monoisotopic (exact) mass is 265 g/mol. The standard InChI is InChI=1S/C13H16ClN3O/c14-13-4-3-11(18-13)9-17-7-1-2-10(8-17)12-5-6-15-16-12/h3-6,10H,1-2,7-9H2,(H,15,16)/t10-/m0/s1. The number of nitrogens with zero attached hydrogens (tertiary/aromatic N) is 2. The van der Waals surface area contributed by atoms with Crippen molar-refractivity contribution in [1.82, 2.24) is 15.1 Å². The van der Waals surface area contributed by atoms with Crippen LogP contribution in [0.2, 0.25) is 5.22 Å². The molecule has 2 aromatic rings. The van der Waals surface area contributed by atoms with Gasteiger partial charge in [0.1, 0.15) is 5.76 Å². The van der Waals surface area contributed by atoms with Gasteiger partial charge in [-0.05, 0) is 49.2 Å².